The molecular formula is C18H30N2O4. The lowest BCUT2D eigenvalue weighted by Gasteiger charge is -2.05. The molecule has 0 saturated carbocycles. The Balaban J connectivity index is 1.92. The van der Waals surface area contributed by atoms with E-state index in [0.717, 1.165) is 32.1 Å². The number of nitrogens with one attached hydrogen (secondary N) is 1. The zero-order valence-electron chi connectivity index (χ0n) is 14.7. The van der Waals surface area contributed by atoms with Gasteiger partial charge in [0.15, 0.2) is 0 Å². The SMILES string of the molecule is CCC(=O)OCCCCCCCCCCCn1c(=O)cc[nH]c1=O. The maximum atomic E-state index is 11.5. The standard InChI is InChI=1S/C18H30N2O4/c1-2-17(22)24-15-11-9-7-5-3-4-6-8-10-14-20-16(21)12-13-19-18(20)23/h12-13H,2-11,14-15H2,1H3,(H,19,23). The van der Waals surface area contributed by atoms with Crippen molar-refractivity contribution in [2.24, 2.45) is 0 Å². The van der Waals surface area contributed by atoms with E-state index in [9.17, 15) is 14.4 Å². The lowest BCUT2D eigenvalue weighted by Crippen LogP contribution is -2.33. The molecule has 0 aliphatic heterocycles. The molecule has 1 aromatic heterocycles. The number of H-pyrrole nitrogens is 1. The largest absolute Gasteiger partial charge is 0.466 e. The molecule has 0 radical (unpaired) electrons. The van der Waals surface area contributed by atoms with Gasteiger partial charge < -0.3 is 9.72 Å². The predicted octanol–water partition coefficient (Wildman–Crippen LogP) is 3.00. The van der Waals surface area contributed by atoms with Crippen LogP contribution >= 0.6 is 0 Å². The monoisotopic (exact) mass is 338 g/mol. The van der Waals surface area contributed by atoms with E-state index in [-0.39, 0.29) is 17.2 Å². The third kappa shape index (κ3) is 8.70. The quantitative estimate of drug-likeness (QED) is 0.443. The van der Waals surface area contributed by atoms with Crippen molar-refractivity contribution in [2.75, 3.05) is 6.61 Å². The first kappa shape index (κ1) is 20.2. The van der Waals surface area contributed by atoms with Crippen LogP contribution in [0.3, 0.4) is 0 Å². The molecule has 0 aliphatic carbocycles. The Labute approximate surface area is 143 Å². The van der Waals surface area contributed by atoms with Gasteiger partial charge in [0.2, 0.25) is 0 Å². The van der Waals surface area contributed by atoms with Gasteiger partial charge in [-0.2, -0.15) is 0 Å². The van der Waals surface area contributed by atoms with E-state index in [1.807, 2.05) is 0 Å². The van der Waals surface area contributed by atoms with Crippen LogP contribution in [0.1, 0.15) is 71.1 Å². The van der Waals surface area contributed by atoms with Crippen molar-refractivity contribution in [1.82, 2.24) is 9.55 Å². The molecule has 1 rings (SSSR count). The highest BCUT2D eigenvalue weighted by atomic mass is 16.5. The normalized spacial score (nSPS) is 10.7. The molecule has 1 heterocycles. The van der Waals surface area contributed by atoms with Gasteiger partial charge in [0.1, 0.15) is 0 Å². The third-order valence-electron chi connectivity index (χ3n) is 4.02. The zero-order valence-corrected chi connectivity index (χ0v) is 14.7. The summed E-state index contributed by atoms with van der Waals surface area (Å²) in [6.45, 7) is 2.84. The number of unbranched alkanes of at least 4 members (excludes halogenated alkanes) is 8. The summed E-state index contributed by atoms with van der Waals surface area (Å²) >= 11 is 0. The second-order valence-corrected chi connectivity index (χ2v) is 6.03. The van der Waals surface area contributed by atoms with Crippen LogP contribution in [0.2, 0.25) is 0 Å². The summed E-state index contributed by atoms with van der Waals surface area (Å²) in [5, 5.41) is 0. The molecule has 0 atom stereocenters. The lowest BCUT2D eigenvalue weighted by atomic mass is 10.1. The van der Waals surface area contributed by atoms with Gasteiger partial charge in [-0.3, -0.25) is 14.2 Å². The molecule has 136 valence electrons. The van der Waals surface area contributed by atoms with Crippen molar-refractivity contribution >= 4 is 5.97 Å². The Bertz CT molecular complexity index is 549. The number of hydrogen-bond donors (Lipinski definition) is 1. The minimum absolute atomic E-state index is 0.116. The molecular weight excluding hydrogens is 308 g/mol. The van der Waals surface area contributed by atoms with Gasteiger partial charge in [-0.05, 0) is 12.8 Å². The molecule has 6 heteroatoms. The van der Waals surface area contributed by atoms with Crippen LogP contribution in [-0.2, 0) is 16.1 Å². The van der Waals surface area contributed by atoms with Crippen LogP contribution in [0, 0.1) is 0 Å². The average molecular weight is 338 g/mol. The fourth-order valence-corrected chi connectivity index (χ4v) is 2.56. The Morgan fingerprint density at radius 1 is 1.00 bits per heavy atom. The van der Waals surface area contributed by atoms with Crippen LogP contribution < -0.4 is 11.2 Å². The van der Waals surface area contributed by atoms with Gasteiger partial charge in [-0.1, -0.05) is 51.9 Å². The molecule has 0 aromatic carbocycles. The van der Waals surface area contributed by atoms with Crippen molar-refractivity contribution in [2.45, 2.75) is 77.7 Å². The van der Waals surface area contributed by atoms with Crippen LogP contribution in [0.5, 0.6) is 0 Å². The van der Waals surface area contributed by atoms with Crippen molar-refractivity contribution in [3.8, 4) is 0 Å². The van der Waals surface area contributed by atoms with E-state index >= 15 is 0 Å². The minimum Gasteiger partial charge on any atom is -0.466 e. The lowest BCUT2D eigenvalue weighted by molar-refractivity contribution is -0.143. The molecule has 1 N–H and O–H groups in total. The summed E-state index contributed by atoms with van der Waals surface area (Å²) in [6.07, 6.45) is 11.7. The maximum absolute atomic E-state index is 11.5. The Morgan fingerprint density at radius 2 is 1.58 bits per heavy atom. The van der Waals surface area contributed by atoms with Gasteiger partial charge in [0.25, 0.3) is 5.56 Å². The second-order valence-electron chi connectivity index (χ2n) is 6.03. The summed E-state index contributed by atoms with van der Waals surface area (Å²) in [7, 11) is 0. The van der Waals surface area contributed by atoms with E-state index in [0.29, 0.717) is 19.6 Å². The number of aromatic amines is 1. The Hall–Kier alpha value is -1.85. The highest BCUT2D eigenvalue weighted by molar-refractivity contribution is 5.68. The predicted molar refractivity (Wildman–Crippen MR) is 94.1 cm³/mol. The molecule has 0 unspecified atom stereocenters. The van der Waals surface area contributed by atoms with Gasteiger partial charge in [0, 0.05) is 25.2 Å². The highest BCUT2D eigenvalue weighted by Gasteiger charge is 2.00. The Kier molecular flexibility index (Phi) is 10.6. The van der Waals surface area contributed by atoms with Gasteiger partial charge in [-0.15, -0.1) is 0 Å². The van der Waals surface area contributed by atoms with Crippen LogP contribution in [0.15, 0.2) is 21.9 Å². The van der Waals surface area contributed by atoms with Crippen molar-refractivity contribution < 1.29 is 9.53 Å². The first-order valence-electron chi connectivity index (χ1n) is 9.09. The zero-order chi connectivity index (χ0) is 17.6. The van der Waals surface area contributed by atoms with E-state index in [4.69, 9.17) is 4.74 Å². The number of ether oxygens (including phenoxy) is 1. The van der Waals surface area contributed by atoms with E-state index in [1.165, 1.54) is 42.5 Å². The average Bonchev–Trinajstić information content (AvgIpc) is 2.57. The molecule has 1 aromatic rings. The second kappa shape index (κ2) is 12.6. The number of rotatable bonds is 13. The number of hydrogen-bond acceptors (Lipinski definition) is 4. The van der Waals surface area contributed by atoms with Gasteiger partial charge in [-0.25, -0.2) is 4.79 Å². The summed E-state index contributed by atoms with van der Waals surface area (Å²) in [5.74, 6) is -0.116. The van der Waals surface area contributed by atoms with Crippen LogP contribution in [0.25, 0.3) is 0 Å². The Morgan fingerprint density at radius 3 is 2.17 bits per heavy atom. The summed E-state index contributed by atoms with van der Waals surface area (Å²) < 4.78 is 6.28. The first-order valence-corrected chi connectivity index (χ1v) is 9.09. The van der Waals surface area contributed by atoms with Crippen LogP contribution in [0.4, 0.5) is 0 Å². The molecule has 0 bridgehead atoms. The van der Waals surface area contributed by atoms with E-state index in [1.54, 1.807) is 6.92 Å². The fourth-order valence-electron chi connectivity index (χ4n) is 2.56. The summed E-state index contributed by atoms with van der Waals surface area (Å²) in [6, 6.07) is 1.38. The van der Waals surface area contributed by atoms with Crippen molar-refractivity contribution in [3.05, 3.63) is 33.1 Å². The fraction of sp³-hybridized carbons (Fsp3) is 0.722. The molecule has 24 heavy (non-hydrogen) atoms. The van der Waals surface area contributed by atoms with Crippen molar-refractivity contribution in [1.29, 1.82) is 0 Å². The first-order chi connectivity index (χ1) is 11.6. The number of aromatic nitrogens is 2. The van der Waals surface area contributed by atoms with Crippen LogP contribution in [-0.4, -0.2) is 22.1 Å². The number of carbonyl (C=O) groups excluding carboxylic acids is 1. The molecule has 0 aliphatic rings. The summed E-state index contributed by atoms with van der Waals surface area (Å²) in [4.78, 5) is 36.5. The number of nitrogens with zero attached hydrogens (tertiary/aromatic N) is 1. The topological polar surface area (TPSA) is 81.2 Å². The molecule has 0 saturated heterocycles. The molecule has 0 spiro atoms. The molecule has 0 fully saturated rings. The molecule has 6 nitrogen and oxygen atoms in total. The number of esters is 1. The third-order valence-corrected chi connectivity index (χ3v) is 4.02. The molecule has 0 amide bonds. The van der Waals surface area contributed by atoms with Crippen molar-refractivity contribution in [3.63, 3.8) is 0 Å². The highest BCUT2D eigenvalue weighted by Crippen LogP contribution is 2.10. The van der Waals surface area contributed by atoms with E-state index in [2.05, 4.69) is 4.98 Å². The van der Waals surface area contributed by atoms with E-state index < -0.39 is 0 Å². The van der Waals surface area contributed by atoms with Gasteiger partial charge >= 0.3 is 11.7 Å². The maximum Gasteiger partial charge on any atom is 0.328 e. The smallest absolute Gasteiger partial charge is 0.328 e. The minimum atomic E-state index is -0.327. The van der Waals surface area contributed by atoms with Gasteiger partial charge in [0.05, 0.1) is 6.61 Å². The number of carbonyl (C=O) groups is 1. The summed E-state index contributed by atoms with van der Waals surface area (Å²) in [5.41, 5.74) is -0.560.